The first-order valence-corrected chi connectivity index (χ1v) is 9.81. The van der Waals surface area contributed by atoms with Gasteiger partial charge in [-0.15, -0.1) is 0 Å². The summed E-state index contributed by atoms with van der Waals surface area (Å²) in [4.78, 5) is 4.15. The zero-order valence-corrected chi connectivity index (χ0v) is 12.4. The van der Waals surface area contributed by atoms with E-state index in [4.69, 9.17) is 0 Å². The zero-order chi connectivity index (χ0) is 13.3. The third-order valence-corrected chi connectivity index (χ3v) is 6.71. The van der Waals surface area contributed by atoms with E-state index < -0.39 is 8.07 Å². The van der Waals surface area contributed by atoms with E-state index in [0.29, 0.717) is 0 Å². The second-order valence-corrected chi connectivity index (χ2v) is 10.3. The summed E-state index contributed by atoms with van der Waals surface area (Å²) >= 11 is 0. The van der Waals surface area contributed by atoms with Crippen LogP contribution in [0, 0.1) is 0 Å². The molecule has 0 aliphatic heterocycles. The van der Waals surface area contributed by atoms with Gasteiger partial charge in [0.05, 0.1) is 6.33 Å². The molecule has 0 aliphatic carbocycles. The Labute approximate surface area is 114 Å². The topological polar surface area (TPSA) is 17.8 Å². The molecule has 19 heavy (non-hydrogen) atoms. The van der Waals surface area contributed by atoms with E-state index in [1.165, 1.54) is 16.0 Å². The van der Waals surface area contributed by atoms with Gasteiger partial charge in [0.15, 0.2) is 0 Å². The van der Waals surface area contributed by atoms with E-state index >= 15 is 0 Å². The van der Waals surface area contributed by atoms with Crippen LogP contribution in [0.4, 0.5) is 0 Å². The summed E-state index contributed by atoms with van der Waals surface area (Å²) in [6, 6.07) is 15.4. The van der Waals surface area contributed by atoms with Crippen molar-refractivity contribution in [1.82, 2.24) is 9.55 Å². The van der Waals surface area contributed by atoms with Crippen molar-refractivity contribution in [3.05, 3.63) is 61.2 Å². The second-order valence-electron chi connectivity index (χ2n) is 5.65. The average Bonchev–Trinajstić information content (AvgIpc) is 2.90. The molecule has 0 atom stereocenters. The van der Waals surface area contributed by atoms with Crippen LogP contribution in [-0.2, 0) is 6.17 Å². The lowest BCUT2D eigenvalue weighted by Crippen LogP contribution is -2.46. The minimum absolute atomic E-state index is 1.07. The lowest BCUT2D eigenvalue weighted by atomic mass is 10.1. The molecule has 2 aromatic carbocycles. The largest absolute Gasteiger partial charge is 0.340 e. The van der Waals surface area contributed by atoms with Crippen LogP contribution in [0.1, 0.15) is 0 Å². The Hall–Kier alpha value is -1.87. The van der Waals surface area contributed by atoms with Gasteiger partial charge in [0, 0.05) is 18.6 Å². The smallest absolute Gasteiger partial charge is 0.103 e. The van der Waals surface area contributed by atoms with Crippen molar-refractivity contribution in [2.45, 2.75) is 19.3 Å². The molecule has 0 spiro atoms. The summed E-state index contributed by atoms with van der Waals surface area (Å²) in [7, 11) is -1.53. The molecular weight excluding hydrogens is 248 g/mol. The predicted molar refractivity (Wildman–Crippen MR) is 83.3 cm³/mol. The van der Waals surface area contributed by atoms with E-state index in [1.54, 1.807) is 0 Å². The fourth-order valence-electron chi connectivity index (χ4n) is 2.74. The lowest BCUT2D eigenvalue weighted by Gasteiger charge is -2.25. The Morgan fingerprint density at radius 3 is 2.63 bits per heavy atom. The molecule has 0 saturated heterocycles. The third-order valence-electron chi connectivity index (χ3n) is 3.66. The molecule has 0 radical (unpaired) electrons. The van der Waals surface area contributed by atoms with Gasteiger partial charge in [-0.1, -0.05) is 60.7 Å². The third kappa shape index (κ3) is 2.33. The first kappa shape index (κ1) is 12.2. The predicted octanol–water partition coefficient (Wildman–Crippen LogP) is 3.19. The number of fused-ring (bicyclic) bond motifs is 1. The number of aromatic nitrogens is 2. The van der Waals surface area contributed by atoms with Gasteiger partial charge in [-0.25, -0.2) is 4.98 Å². The molecule has 0 saturated carbocycles. The molecule has 2 nitrogen and oxygen atoms in total. The first-order chi connectivity index (χ1) is 9.17. The molecule has 96 valence electrons. The Bertz CT molecular complexity index is 682. The summed E-state index contributed by atoms with van der Waals surface area (Å²) in [6.07, 6.45) is 6.90. The van der Waals surface area contributed by atoms with Crippen LogP contribution in [0.15, 0.2) is 61.2 Å². The van der Waals surface area contributed by atoms with Crippen molar-refractivity contribution < 1.29 is 0 Å². The molecule has 0 unspecified atom stereocenters. The molecular formula is C16H18N2Si. The van der Waals surface area contributed by atoms with Gasteiger partial charge in [0.1, 0.15) is 8.07 Å². The Morgan fingerprint density at radius 2 is 1.84 bits per heavy atom. The number of hydrogen-bond donors (Lipinski definition) is 0. The van der Waals surface area contributed by atoms with Crippen molar-refractivity contribution in [2.75, 3.05) is 0 Å². The first-order valence-electron chi connectivity index (χ1n) is 6.61. The number of rotatable bonds is 3. The van der Waals surface area contributed by atoms with E-state index in [9.17, 15) is 0 Å². The molecule has 0 bridgehead atoms. The molecule has 1 heterocycles. The van der Waals surface area contributed by atoms with Crippen LogP contribution in [0.5, 0.6) is 0 Å². The standard InChI is InChI=1S/C16H18N2Si/c1-19(2,13-18-11-10-17-12-18)16-9-5-7-14-6-3-4-8-15(14)16/h3-12H,13H2,1-2H3. The summed E-state index contributed by atoms with van der Waals surface area (Å²) in [6.45, 7) is 4.85. The van der Waals surface area contributed by atoms with Crippen LogP contribution in [-0.4, -0.2) is 17.6 Å². The normalized spacial score (nSPS) is 11.9. The van der Waals surface area contributed by atoms with Crippen LogP contribution < -0.4 is 5.19 Å². The molecule has 3 heteroatoms. The van der Waals surface area contributed by atoms with Crippen LogP contribution in [0.3, 0.4) is 0 Å². The fourth-order valence-corrected chi connectivity index (χ4v) is 5.51. The zero-order valence-electron chi connectivity index (χ0n) is 11.4. The number of benzene rings is 2. The van der Waals surface area contributed by atoms with Gasteiger partial charge in [-0.3, -0.25) is 0 Å². The van der Waals surface area contributed by atoms with E-state index in [-0.39, 0.29) is 0 Å². The summed E-state index contributed by atoms with van der Waals surface area (Å²) in [5.74, 6) is 0. The monoisotopic (exact) mass is 266 g/mol. The quantitative estimate of drug-likeness (QED) is 0.666. The van der Waals surface area contributed by atoms with Gasteiger partial charge in [0.2, 0.25) is 0 Å². The van der Waals surface area contributed by atoms with Gasteiger partial charge < -0.3 is 4.57 Å². The summed E-state index contributed by atoms with van der Waals surface area (Å²) in [5, 5.41) is 4.27. The van der Waals surface area contributed by atoms with Gasteiger partial charge in [-0.2, -0.15) is 0 Å². The maximum atomic E-state index is 4.15. The van der Waals surface area contributed by atoms with Crippen molar-refractivity contribution in [1.29, 1.82) is 0 Å². The van der Waals surface area contributed by atoms with Crippen LogP contribution in [0.2, 0.25) is 13.1 Å². The van der Waals surface area contributed by atoms with Crippen molar-refractivity contribution in [3.8, 4) is 0 Å². The molecule has 0 aliphatic rings. The molecule has 1 aromatic heterocycles. The average molecular weight is 266 g/mol. The minimum atomic E-state index is -1.53. The Morgan fingerprint density at radius 1 is 1.05 bits per heavy atom. The van der Waals surface area contributed by atoms with Crippen molar-refractivity contribution in [2.24, 2.45) is 0 Å². The summed E-state index contributed by atoms with van der Waals surface area (Å²) in [5.41, 5.74) is 0. The Kier molecular flexibility index (Phi) is 2.99. The highest BCUT2D eigenvalue weighted by Gasteiger charge is 2.25. The Balaban J connectivity index is 2.07. The number of hydrogen-bond acceptors (Lipinski definition) is 1. The van der Waals surface area contributed by atoms with E-state index in [0.717, 1.165) is 6.17 Å². The molecule has 0 N–H and O–H groups in total. The van der Waals surface area contributed by atoms with Crippen LogP contribution >= 0.6 is 0 Å². The van der Waals surface area contributed by atoms with Gasteiger partial charge >= 0.3 is 0 Å². The maximum Gasteiger partial charge on any atom is 0.103 e. The van der Waals surface area contributed by atoms with Crippen LogP contribution in [0.25, 0.3) is 10.8 Å². The maximum absolute atomic E-state index is 4.15. The number of nitrogens with zero attached hydrogens (tertiary/aromatic N) is 2. The highest BCUT2D eigenvalue weighted by molar-refractivity contribution is 6.90. The number of imidazole rings is 1. The SMILES string of the molecule is C[Si](C)(Cn1ccnc1)c1cccc2ccccc12. The van der Waals surface area contributed by atoms with Crippen molar-refractivity contribution >= 4 is 24.0 Å². The molecule has 0 amide bonds. The second kappa shape index (κ2) is 4.66. The molecule has 3 rings (SSSR count). The summed E-state index contributed by atoms with van der Waals surface area (Å²) < 4.78 is 2.20. The van der Waals surface area contributed by atoms with Gasteiger partial charge in [-0.05, 0) is 10.8 Å². The van der Waals surface area contributed by atoms with E-state index in [1.807, 2.05) is 12.5 Å². The fraction of sp³-hybridized carbons (Fsp3) is 0.188. The highest BCUT2D eigenvalue weighted by atomic mass is 28.3. The molecule has 0 fully saturated rings. The minimum Gasteiger partial charge on any atom is -0.340 e. The molecule has 3 aromatic rings. The van der Waals surface area contributed by atoms with E-state index in [2.05, 4.69) is 71.3 Å². The highest BCUT2D eigenvalue weighted by Crippen LogP contribution is 2.16. The van der Waals surface area contributed by atoms with Gasteiger partial charge in [0.25, 0.3) is 0 Å². The lowest BCUT2D eigenvalue weighted by molar-refractivity contribution is 0.855. The van der Waals surface area contributed by atoms with Crippen molar-refractivity contribution in [3.63, 3.8) is 0 Å².